The number of rotatable bonds is 2. The molecule has 0 saturated carbocycles. The summed E-state index contributed by atoms with van der Waals surface area (Å²) in [6, 6.07) is -0.150. The van der Waals surface area contributed by atoms with E-state index >= 15 is 0 Å². The van der Waals surface area contributed by atoms with Crippen LogP contribution in [0.4, 0.5) is 4.79 Å². The first-order valence-corrected chi connectivity index (χ1v) is 4.81. The van der Waals surface area contributed by atoms with Crippen LogP contribution >= 0.6 is 0 Å². The van der Waals surface area contributed by atoms with E-state index in [2.05, 4.69) is 17.6 Å². The Kier molecular flexibility index (Phi) is 3.98. The van der Waals surface area contributed by atoms with Gasteiger partial charge >= 0.3 is 6.03 Å². The van der Waals surface area contributed by atoms with Crippen LogP contribution in [0.25, 0.3) is 0 Å². The third-order valence-electron chi connectivity index (χ3n) is 1.90. The first kappa shape index (κ1) is 10.6. The summed E-state index contributed by atoms with van der Waals surface area (Å²) in [6.07, 6.45) is 8.77. The summed E-state index contributed by atoms with van der Waals surface area (Å²) < 4.78 is 0. The van der Waals surface area contributed by atoms with Crippen molar-refractivity contribution >= 4 is 6.03 Å². The normalized spacial score (nSPS) is 15.3. The molecule has 3 nitrogen and oxygen atoms in total. The first-order chi connectivity index (χ1) is 6.72. The standard InChI is InChI=1S/C11H16N2O/c1-3-12-11(14)13-10-6-4-5-9(2)7-8-10/h4-6,8H,3,7H2,1-2H3,(H2,12,13,14). The average Bonchev–Trinajstić information content (AvgIpc) is 2.32. The van der Waals surface area contributed by atoms with Crippen LogP contribution in [0.1, 0.15) is 20.3 Å². The highest BCUT2D eigenvalue weighted by Crippen LogP contribution is 2.08. The van der Waals surface area contributed by atoms with Crippen molar-refractivity contribution in [3.63, 3.8) is 0 Å². The molecule has 0 aromatic rings. The Morgan fingerprint density at radius 3 is 3.07 bits per heavy atom. The molecule has 0 aromatic heterocycles. The van der Waals surface area contributed by atoms with E-state index in [4.69, 9.17) is 0 Å². The number of nitrogens with one attached hydrogen (secondary N) is 2. The molecule has 0 unspecified atom stereocenters. The number of amides is 2. The van der Waals surface area contributed by atoms with Crippen LogP contribution in [0.3, 0.4) is 0 Å². The van der Waals surface area contributed by atoms with Crippen molar-refractivity contribution in [2.24, 2.45) is 0 Å². The minimum Gasteiger partial charge on any atom is -0.338 e. The molecule has 1 aliphatic rings. The topological polar surface area (TPSA) is 41.1 Å². The van der Waals surface area contributed by atoms with Gasteiger partial charge in [-0.2, -0.15) is 0 Å². The molecule has 0 atom stereocenters. The molecule has 1 aliphatic carbocycles. The number of carbonyl (C=O) groups is 1. The SMILES string of the molecule is CCNC(=O)NC1=CCC(C)=CC=C1. The van der Waals surface area contributed by atoms with E-state index in [-0.39, 0.29) is 6.03 Å². The van der Waals surface area contributed by atoms with E-state index < -0.39 is 0 Å². The Balaban J connectivity index is 2.51. The average molecular weight is 192 g/mol. The Labute approximate surface area is 84.6 Å². The van der Waals surface area contributed by atoms with Gasteiger partial charge in [-0.1, -0.05) is 23.8 Å². The molecule has 0 aliphatic heterocycles. The Morgan fingerprint density at radius 1 is 1.57 bits per heavy atom. The minimum atomic E-state index is -0.150. The number of allylic oxidation sites excluding steroid dienone is 5. The molecule has 0 fully saturated rings. The molecule has 0 spiro atoms. The van der Waals surface area contributed by atoms with Gasteiger partial charge in [0.25, 0.3) is 0 Å². The highest BCUT2D eigenvalue weighted by Gasteiger charge is 2.00. The van der Waals surface area contributed by atoms with E-state index in [1.54, 1.807) is 0 Å². The molecule has 0 aromatic carbocycles. The third kappa shape index (κ3) is 3.47. The van der Waals surface area contributed by atoms with Crippen molar-refractivity contribution in [3.05, 3.63) is 35.6 Å². The molecule has 0 bridgehead atoms. The van der Waals surface area contributed by atoms with Crippen LogP contribution in [-0.2, 0) is 0 Å². The van der Waals surface area contributed by atoms with Crippen LogP contribution in [0.2, 0.25) is 0 Å². The van der Waals surface area contributed by atoms with Gasteiger partial charge in [-0.15, -0.1) is 0 Å². The van der Waals surface area contributed by atoms with E-state index in [9.17, 15) is 4.79 Å². The van der Waals surface area contributed by atoms with Gasteiger partial charge in [0.15, 0.2) is 0 Å². The molecule has 1 rings (SSSR count). The van der Waals surface area contributed by atoms with E-state index in [0.717, 1.165) is 12.1 Å². The summed E-state index contributed by atoms with van der Waals surface area (Å²) >= 11 is 0. The number of carbonyl (C=O) groups excluding carboxylic acids is 1. The molecule has 3 heteroatoms. The molecule has 76 valence electrons. The molecule has 14 heavy (non-hydrogen) atoms. The van der Waals surface area contributed by atoms with Crippen LogP contribution in [0.15, 0.2) is 35.6 Å². The molecule has 2 N–H and O–H groups in total. The van der Waals surface area contributed by atoms with Crippen molar-refractivity contribution in [2.45, 2.75) is 20.3 Å². The second-order valence-electron chi connectivity index (χ2n) is 3.22. The van der Waals surface area contributed by atoms with Gasteiger partial charge in [0.1, 0.15) is 0 Å². The van der Waals surface area contributed by atoms with E-state index in [1.807, 2.05) is 31.2 Å². The monoisotopic (exact) mass is 192 g/mol. The lowest BCUT2D eigenvalue weighted by Crippen LogP contribution is -2.34. The smallest absolute Gasteiger partial charge is 0.319 e. The summed E-state index contributed by atoms with van der Waals surface area (Å²) in [5.74, 6) is 0. The fraction of sp³-hybridized carbons (Fsp3) is 0.364. The minimum absolute atomic E-state index is 0.150. The zero-order valence-corrected chi connectivity index (χ0v) is 8.63. The van der Waals surface area contributed by atoms with E-state index in [1.165, 1.54) is 5.57 Å². The summed E-state index contributed by atoms with van der Waals surface area (Å²) in [5.41, 5.74) is 2.14. The Bertz CT molecular complexity index is 300. The molecular formula is C11H16N2O. The maximum absolute atomic E-state index is 11.2. The van der Waals surface area contributed by atoms with Crippen LogP contribution in [0.5, 0.6) is 0 Å². The van der Waals surface area contributed by atoms with Gasteiger partial charge in [0, 0.05) is 12.2 Å². The summed E-state index contributed by atoms with van der Waals surface area (Å²) in [6.45, 7) is 4.60. The van der Waals surface area contributed by atoms with Gasteiger partial charge in [-0.25, -0.2) is 4.79 Å². The molecule has 0 heterocycles. The van der Waals surface area contributed by atoms with Crippen molar-refractivity contribution < 1.29 is 4.79 Å². The maximum atomic E-state index is 11.2. The van der Waals surface area contributed by atoms with Crippen LogP contribution in [0, 0.1) is 0 Å². The van der Waals surface area contributed by atoms with Gasteiger partial charge in [-0.3, -0.25) is 0 Å². The second-order valence-corrected chi connectivity index (χ2v) is 3.22. The van der Waals surface area contributed by atoms with Crippen LogP contribution < -0.4 is 10.6 Å². The summed E-state index contributed by atoms with van der Waals surface area (Å²) in [4.78, 5) is 11.2. The highest BCUT2D eigenvalue weighted by atomic mass is 16.2. The third-order valence-corrected chi connectivity index (χ3v) is 1.90. The van der Waals surface area contributed by atoms with Gasteiger partial charge < -0.3 is 10.6 Å². The zero-order chi connectivity index (χ0) is 10.4. The van der Waals surface area contributed by atoms with Gasteiger partial charge in [-0.05, 0) is 26.3 Å². The lowest BCUT2D eigenvalue weighted by atomic mass is 10.2. The highest BCUT2D eigenvalue weighted by molar-refractivity contribution is 5.76. The van der Waals surface area contributed by atoms with Crippen molar-refractivity contribution in [1.29, 1.82) is 0 Å². The predicted octanol–water partition coefficient (Wildman–Crippen LogP) is 2.10. The fourth-order valence-corrected chi connectivity index (χ4v) is 1.15. The maximum Gasteiger partial charge on any atom is 0.319 e. The Morgan fingerprint density at radius 2 is 2.36 bits per heavy atom. The molecule has 0 radical (unpaired) electrons. The molecule has 0 saturated heterocycles. The summed E-state index contributed by atoms with van der Waals surface area (Å²) in [7, 11) is 0. The van der Waals surface area contributed by atoms with Gasteiger partial charge in [0.05, 0.1) is 0 Å². The van der Waals surface area contributed by atoms with Crippen LogP contribution in [-0.4, -0.2) is 12.6 Å². The van der Waals surface area contributed by atoms with Crippen molar-refractivity contribution in [3.8, 4) is 0 Å². The van der Waals surface area contributed by atoms with Crippen molar-refractivity contribution in [2.75, 3.05) is 6.54 Å². The Hall–Kier alpha value is -1.51. The van der Waals surface area contributed by atoms with E-state index in [0.29, 0.717) is 6.54 Å². The first-order valence-electron chi connectivity index (χ1n) is 4.81. The quantitative estimate of drug-likeness (QED) is 0.691. The molecule has 2 amide bonds. The largest absolute Gasteiger partial charge is 0.338 e. The number of hydrogen-bond donors (Lipinski definition) is 2. The lowest BCUT2D eigenvalue weighted by molar-refractivity contribution is 0.244. The van der Waals surface area contributed by atoms with Gasteiger partial charge in [0.2, 0.25) is 0 Å². The predicted molar refractivity (Wildman–Crippen MR) is 57.8 cm³/mol. The lowest BCUT2D eigenvalue weighted by Gasteiger charge is -2.05. The number of urea groups is 1. The van der Waals surface area contributed by atoms with Crippen molar-refractivity contribution in [1.82, 2.24) is 10.6 Å². The molecular weight excluding hydrogens is 176 g/mol. The zero-order valence-electron chi connectivity index (χ0n) is 8.63. The number of hydrogen-bond acceptors (Lipinski definition) is 1. The summed E-state index contributed by atoms with van der Waals surface area (Å²) in [5, 5.41) is 5.45. The second kappa shape index (κ2) is 5.27. The fourth-order valence-electron chi connectivity index (χ4n) is 1.15.